The zero-order valence-corrected chi connectivity index (χ0v) is 16.4. The zero-order valence-electron chi connectivity index (χ0n) is 16.4. The number of halogens is 3. The van der Waals surface area contributed by atoms with Crippen molar-refractivity contribution in [2.45, 2.75) is 0 Å². The van der Waals surface area contributed by atoms with Crippen molar-refractivity contribution in [1.82, 2.24) is 14.5 Å². The Hall–Kier alpha value is -3.72. The van der Waals surface area contributed by atoms with Crippen LogP contribution in [-0.2, 0) is 0 Å². The molecular weight excluding hydrogens is 409 g/mol. The standard InChI is InChI=1S/C22H17F3N4O2/c1-28(10-11-30)22-26-20(16-7-4-14(24)12-18(16)25)17-8-9-19(31)29(21(17)27-22)15-5-2-13(23)3-6-15/h2-9,12,30H,10-11H2,1H3. The Labute approximate surface area is 174 Å². The van der Waals surface area contributed by atoms with E-state index >= 15 is 0 Å². The number of hydrogen-bond acceptors (Lipinski definition) is 5. The largest absolute Gasteiger partial charge is 0.395 e. The summed E-state index contributed by atoms with van der Waals surface area (Å²) in [6.45, 7) is 0.00214. The van der Waals surface area contributed by atoms with E-state index in [2.05, 4.69) is 9.97 Å². The molecule has 158 valence electrons. The summed E-state index contributed by atoms with van der Waals surface area (Å²) in [5.74, 6) is -1.90. The minimum absolute atomic E-state index is 0.0248. The van der Waals surface area contributed by atoms with Crippen molar-refractivity contribution in [3.63, 3.8) is 0 Å². The van der Waals surface area contributed by atoms with Gasteiger partial charge in [-0.2, -0.15) is 4.98 Å². The molecule has 6 nitrogen and oxygen atoms in total. The lowest BCUT2D eigenvalue weighted by molar-refractivity contribution is 0.303. The number of rotatable bonds is 5. The maximum atomic E-state index is 14.6. The van der Waals surface area contributed by atoms with E-state index in [-0.39, 0.29) is 36.0 Å². The van der Waals surface area contributed by atoms with Crippen molar-refractivity contribution in [3.05, 3.63) is 82.4 Å². The first-order valence-electron chi connectivity index (χ1n) is 9.36. The van der Waals surface area contributed by atoms with Gasteiger partial charge in [-0.3, -0.25) is 9.36 Å². The third kappa shape index (κ3) is 3.87. The van der Waals surface area contributed by atoms with Crippen LogP contribution >= 0.6 is 0 Å². The van der Waals surface area contributed by atoms with Crippen LogP contribution in [0.1, 0.15) is 0 Å². The lowest BCUT2D eigenvalue weighted by Gasteiger charge is -2.19. The van der Waals surface area contributed by atoms with Crippen molar-refractivity contribution >= 4 is 17.0 Å². The van der Waals surface area contributed by atoms with Crippen LogP contribution in [0, 0.1) is 17.5 Å². The van der Waals surface area contributed by atoms with Crippen molar-refractivity contribution in [2.75, 3.05) is 25.1 Å². The highest BCUT2D eigenvalue weighted by Crippen LogP contribution is 2.30. The first-order valence-corrected chi connectivity index (χ1v) is 9.36. The quantitative estimate of drug-likeness (QED) is 0.530. The maximum absolute atomic E-state index is 14.6. The summed E-state index contributed by atoms with van der Waals surface area (Å²) >= 11 is 0. The lowest BCUT2D eigenvalue weighted by atomic mass is 10.1. The second-order valence-electron chi connectivity index (χ2n) is 6.86. The van der Waals surface area contributed by atoms with Crippen LogP contribution in [0.5, 0.6) is 0 Å². The third-order valence-electron chi connectivity index (χ3n) is 4.79. The summed E-state index contributed by atoms with van der Waals surface area (Å²) < 4.78 is 42.8. The number of hydrogen-bond donors (Lipinski definition) is 1. The molecule has 0 saturated heterocycles. The Balaban J connectivity index is 2.09. The van der Waals surface area contributed by atoms with E-state index < -0.39 is 23.0 Å². The molecule has 1 N–H and O–H groups in total. The number of pyridine rings is 1. The second kappa shape index (κ2) is 8.19. The van der Waals surface area contributed by atoms with Crippen molar-refractivity contribution < 1.29 is 18.3 Å². The van der Waals surface area contributed by atoms with E-state index in [1.807, 2.05) is 0 Å². The zero-order chi connectivity index (χ0) is 22.1. The van der Waals surface area contributed by atoms with Gasteiger partial charge in [0.25, 0.3) is 5.56 Å². The molecule has 0 amide bonds. The predicted molar refractivity (Wildman–Crippen MR) is 111 cm³/mol. The average Bonchev–Trinajstić information content (AvgIpc) is 2.74. The number of aliphatic hydroxyl groups excluding tert-OH is 1. The molecule has 0 aliphatic carbocycles. The molecule has 0 unspecified atom stereocenters. The Morgan fingerprint density at radius 3 is 2.35 bits per heavy atom. The second-order valence-corrected chi connectivity index (χ2v) is 6.86. The summed E-state index contributed by atoms with van der Waals surface area (Å²) in [4.78, 5) is 23.1. The fraction of sp³-hybridized carbons (Fsp3) is 0.136. The summed E-state index contributed by atoms with van der Waals surface area (Å²) in [7, 11) is 1.63. The van der Waals surface area contributed by atoms with Gasteiger partial charge in [0.1, 0.15) is 17.5 Å². The molecule has 0 aliphatic rings. The molecular formula is C22H17F3N4O2. The van der Waals surface area contributed by atoms with Crippen LogP contribution in [0.15, 0.2) is 59.4 Å². The van der Waals surface area contributed by atoms with Gasteiger partial charge in [0.15, 0.2) is 5.65 Å². The Morgan fingerprint density at radius 1 is 0.968 bits per heavy atom. The molecule has 2 heterocycles. The van der Waals surface area contributed by atoms with Crippen LogP contribution < -0.4 is 10.5 Å². The molecule has 4 aromatic rings. The predicted octanol–water partition coefficient (Wildman–Crippen LogP) is 3.29. The molecule has 0 radical (unpaired) electrons. The molecule has 2 aromatic heterocycles. The van der Waals surface area contributed by atoms with E-state index in [0.717, 1.165) is 12.1 Å². The highest BCUT2D eigenvalue weighted by Gasteiger charge is 2.19. The van der Waals surface area contributed by atoms with Gasteiger partial charge in [0.05, 0.1) is 18.0 Å². The van der Waals surface area contributed by atoms with Crippen LogP contribution in [0.25, 0.3) is 28.0 Å². The molecule has 0 atom stereocenters. The van der Waals surface area contributed by atoms with E-state index in [4.69, 9.17) is 0 Å². The van der Waals surface area contributed by atoms with Gasteiger partial charge < -0.3 is 10.0 Å². The smallest absolute Gasteiger partial charge is 0.256 e. The monoisotopic (exact) mass is 426 g/mol. The van der Waals surface area contributed by atoms with E-state index in [1.165, 1.54) is 51.9 Å². The van der Waals surface area contributed by atoms with Gasteiger partial charge in [-0.25, -0.2) is 18.2 Å². The van der Waals surface area contributed by atoms with E-state index in [1.54, 1.807) is 7.05 Å². The summed E-state index contributed by atoms with van der Waals surface area (Å²) in [6.07, 6.45) is 0. The number of likely N-dealkylation sites (N-methyl/N-ethyl adjacent to an activating group) is 1. The van der Waals surface area contributed by atoms with Crippen LogP contribution in [-0.4, -0.2) is 39.8 Å². The molecule has 0 spiro atoms. The Bertz CT molecular complexity index is 1320. The Kier molecular flexibility index (Phi) is 5.43. The van der Waals surface area contributed by atoms with Crippen LogP contribution in [0.2, 0.25) is 0 Å². The number of benzene rings is 2. The summed E-state index contributed by atoms with van der Waals surface area (Å²) in [6, 6.07) is 11.1. The Morgan fingerprint density at radius 2 is 1.68 bits per heavy atom. The normalized spacial score (nSPS) is 11.1. The third-order valence-corrected chi connectivity index (χ3v) is 4.79. The van der Waals surface area contributed by atoms with E-state index in [0.29, 0.717) is 11.1 Å². The van der Waals surface area contributed by atoms with Gasteiger partial charge in [0.2, 0.25) is 5.95 Å². The molecule has 31 heavy (non-hydrogen) atoms. The number of anilines is 1. The van der Waals surface area contributed by atoms with E-state index in [9.17, 15) is 23.1 Å². The number of aromatic nitrogens is 3. The molecule has 0 saturated carbocycles. The first kappa shape index (κ1) is 20.5. The lowest BCUT2D eigenvalue weighted by Crippen LogP contribution is -2.25. The number of nitrogens with zero attached hydrogens (tertiary/aromatic N) is 4. The average molecular weight is 426 g/mol. The fourth-order valence-corrected chi connectivity index (χ4v) is 3.25. The minimum Gasteiger partial charge on any atom is -0.395 e. The first-order chi connectivity index (χ1) is 14.9. The number of fused-ring (bicyclic) bond motifs is 1. The summed E-state index contributed by atoms with van der Waals surface area (Å²) in [5, 5.41) is 9.63. The molecule has 9 heteroatoms. The van der Waals surface area contributed by atoms with Crippen LogP contribution in [0.4, 0.5) is 19.1 Å². The van der Waals surface area contributed by atoms with Gasteiger partial charge in [-0.15, -0.1) is 0 Å². The highest BCUT2D eigenvalue weighted by atomic mass is 19.1. The molecule has 0 fully saturated rings. The highest BCUT2D eigenvalue weighted by molar-refractivity contribution is 5.92. The summed E-state index contributed by atoms with van der Waals surface area (Å²) in [5.41, 5.74) is 0.263. The molecule has 0 aliphatic heterocycles. The van der Waals surface area contributed by atoms with Crippen molar-refractivity contribution in [1.29, 1.82) is 0 Å². The maximum Gasteiger partial charge on any atom is 0.256 e. The van der Waals surface area contributed by atoms with Crippen LogP contribution in [0.3, 0.4) is 0 Å². The van der Waals surface area contributed by atoms with Gasteiger partial charge in [-0.05, 0) is 42.5 Å². The van der Waals surface area contributed by atoms with Gasteiger partial charge >= 0.3 is 0 Å². The SMILES string of the molecule is CN(CCO)c1nc(-c2ccc(F)cc2F)c2ccc(=O)n(-c3ccc(F)cc3)c2n1. The fourth-order valence-electron chi connectivity index (χ4n) is 3.25. The number of aliphatic hydroxyl groups is 1. The topological polar surface area (TPSA) is 71.2 Å². The molecule has 2 aromatic carbocycles. The van der Waals surface area contributed by atoms with Gasteiger partial charge in [-0.1, -0.05) is 0 Å². The minimum atomic E-state index is -0.824. The molecule has 4 rings (SSSR count). The van der Waals surface area contributed by atoms with Crippen molar-refractivity contribution in [3.8, 4) is 16.9 Å². The molecule has 0 bridgehead atoms. The van der Waals surface area contributed by atoms with Gasteiger partial charge in [0, 0.05) is 36.7 Å². The van der Waals surface area contributed by atoms with Crippen molar-refractivity contribution in [2.24, 2.45) is 0 Å².